The molecule has 0 fully saturated rings. The molecule has 0 saturated heterocycles. The number of rotatable bonds is 6. The van der Waals surface area contributed by atoms with Crippen molar-refractivity contribution in [2.24, 2.45) is 0 Å². The molecule has 1 amide bonds. The van der Waals surface area contributed by atoms with Gasteiger partial charge < -0.3 is 10.6 Å². The summed E-state index contributed by atoms with van der Waals surface area (Å²) >= 11 is 5.85. The highest BCUT2D eigenvalue weighted by Gasteiger charge is 2.02. The Labute approximate surface area is 129 Å². The summed E-state index contributed by atoms with van der Waals surface area (Å²) in [5.74, 6) is 0.567. The maximum Gasteiger partial charge on any atom is 0.225 e. The van der Waals surface area contributed by atoms with Crippen LogP contribution in [0.1, 0.15) is 25.3 Å². The highest BCUT2D eigenvalue weighted by molar-refractivity contribution is 6.30. The van der Waals surface area contributed by atoms with Gasteiger partial charge in [0.05, 0.1) is 11.9 Å². The predicted octanol–water partition coefficient (Wildman–Crippen LogP) is 4.09. The second kappa shape index (κ2) is 7.64. The minimum atomic E-state index is -0.00752. The smallest absolute Gasteiger partial charge is 0.225 e. The van der Waals surface area contributed by atoms with Gasteiger partial charge in [0, 0.05) is 18.0 Å². The molecule has 110 valence electrons. The molecular formula is C16H18ClN3O. The van der Waals surface area contributed by atoms with Gasteiger partial charge in [0.1, 0.15) is 5.82 Å². The summed E-state index contributed by atoms with van der Waals surface area (Å²) in [4.78, 5) is 15.7. The van der Waals surface area contributed by atoms with Crippen molar-refractivity contribution in [3.63, 3.8) is 0 Å². The Kier molecular flexibility index (Phi) is 5.58. The molecule has 0 aliphatic heterocycles. The van der Waals surface area contributed by atoms with E-state index in [1.54, 1.807) is 12.3 Å². The fourth-order valence-corrected chi connectivity index (χ4v) is 1.94. The number of carbonyl (C=O) groups is 1. The minimum absolute atomic E-state index is 0.00752. The first kappa shape index (κ1) is 15.3. The fourth-order valence-electron chi connectivity index (χ4n) is 1.81. The van der Waals surface area contributed by atoms with E-state index in [9.17, 15) is 4.79 Å². The van der Waals surface area contributed by atoms with Gasteiger partial charge in [0.2, 0.25) is 5.91 Å². The van der Waals surface area contributed by atoms with Crippen LogP contribution < -0.4 is 10.6 Å². The quantitative estimate of drug-likeness (QED) is 0.845. The molecule has 0 aliphatic rings. The Hall–Kier alpha value is -2.07. The van der Waals surface area contributed by atoms with Gasteiger partial charge in [-0.15, -0.1) is 0 Å². The van der Waals surface area contributed by atoms with Gasteiger partial charge in [0.25, 0.3) is 0 Å². The first-order valence-corrected chi connectivity index (χ1v) is 7.29. The minimum Gasteiger partial charge on any atom is -0.380 e. The summed E-state index contributed by atoms with van der Waals surface area (Å²) in [5.41, 5.74) is 2.04. The third kappa shape index (κ3) is 5.08. The van der Waals surface area contributed by atoms with Gasteiger partial charge in [-0.1, -0.05) is 30.7 Å². The Morgan fingerprint density at radius 1 is 1.19 bits per heavy atom. The first-order valence-electron chi connectivity index (χ1n) is 6.91. The maximum absolute atomic E-state index is 11.5. The maximum atomic E-state index is 11.5. The third-order valence-corrected chi connectivity index (χ3v) is 3.17. The summed E-state index contributed by atoms with van der Waals surface area (Å²) < 4.78 is 0. The lowest BCUT2D eigenvalue weighted by Crippen LogP contribution is -2.11. The van der Waals surface area contributed by atoms with Gasteiger partial charge in [-0.05, 0) is 36.2 Å². The normalized spacial score (nSPS) is 10.2. The molecule has 0 atom stereocenters. The van der Waals surface area contributed by atoms with E-state index < -0.39 is 0 Å². The van der Waals surface area contributed by atoms with Crippen molar-refractivity contribution in [2.75, 3.05) is 10.6 Å². The van der Waals surface area contributed by atoms with Gasteiger partial charge in [-0.3, -0.25) is 4.79 Å². The van der Waals surface area contributed by atoms with Crippen LogP contribution in [0.3, 0.4) is 0 Å². The average Bonchev–Trinajstić information content (AvgIpc) is 2.48. The molecule has 0 unspecified atom stereocenters. The zero-order valence-corrected chi connectivity index (χ0v) is 12.7. The fraction of sp³-hybridized carbons (Fsp3) is 0.250. The molecule has 1 aromatic carbocycles. The van der Waals surface area contributed by atoms with E-state index in [-0.39, 0.29) is 5.91 Å². The lowest BCUT2D eigenvalue weighted by molar-refractivity contribution is -0.116. The molecule has 1 heterocycles. The molecule has 4 nitrogen and oxygen atoms in total. The van der Waals surface area contributed by atoms with Crippen molar-refractivity contribution in [1.29, 1.82) is 0 Å². The zero-order valence-electron chi connectivity index (χ0n) is 11.9. The van der Waals surface area contributed by atoms with Gasteiger partial charge >= 0.3 is 0 Å². The molecule has 21 heavy (non-hydrogen) atoms. The van der Waals surface area contributed by atoms with E-state index in [0.717, 1.165) is 22.7 Å². The number of halogens is 1. The van der Waals surface area contributed by atoms with Crippen LogP contribution in [-0.4, -0.2) is 10.9 Å². The van der Waals surface area contributed by atoms with Crippen LogP contribution in [0.5, 0.6) is 0 Å². The van der Waals surface area contributed by atoms with Gasteiger partial charge in [-0.25, -0.2) is 4.98 Å². The molecule has 2 N–H and O–H groups in total. The topological polar surface area (TPSA) is 54.0 Å². The van der Waals surface area contributed by atoms with Crippen LogP contribution in [0.25, 0.3) is 0 Å². The summed E-state index contributed by atoms with van der Waals surface area (Å²) in [6.45, 7) is 2.66. The second-order valence-corrected chi connectivity index (χ2v) is 5.15. The lowest BCUT2D eigenvalue weighted by atomic mass is 10.2. The van der Waals surface area contributed by atoms with Gasteiger partial charge in [0.15, 0.2) is 0 Å². The second-order valence-electron chi connectivity index (χ2n) is 4.71. The van der Waals surface area contributed by atoms with Crippen molar-refractivity contribution in [3.05, 3.63) is 53.2 Å². The van der Waals surface area contributed by atoms with E-state index in [2.05, 4.69) is 15.6 Å². The number of hydrogen-bond acceptors (Lipinski definition) is 3. The van der Waals surface area contributed by atoms with E-state index in [0.29, 0.717) is 18.8 Å². The number of pyridine rings is 1. The van der Waals surface area contributed by atoms with Crippen LogP contribution in [0.2, 0.25) is 5.02 Å². The van der Waals surface area contributed by atoms with Crippen molar-refractivity contribution >= 4 is 29.0 Å². The number of hydrogen-bond donors (Lipinski definition) is 2. The number of nitrogens with one attached hydrogen (secondary N) is 2. The summed E-state index contributed by atoms with van der Waals surface area (Å²) in [6, 6.07) is 11.4. The Bertz CT molecular complexity index is 581. The Balaban J connectivity index is 1.87. The highest BCUT2D eigenvalue weighted by Crippen LogP contribution is 2.13. The Morgan fingerprint density at radius 3 is 2.57 bits per heavy atom. The monoisotopic (exact) mass is 303 g/mol. The molecule has 2 rings (SSSR count). The standard InChI is InChI=1S/C16H18ClN3O/c1-2-3-16(21)20-15-9-8-14(11-19-15)18-10-12-4-6-13(17)7-5-12/h4-9,11,18H,2-3,10H2,1H3,(H,19,20,21). The predicted molar refractivity (Wildman–Crippen MR) is 86.6 cm³/mol. The van der Waals surface area contributed by atoms with Crippen LogP contribution in [0, 0.1) is 0 Å². The van der Waals surface area contributed by atoms with Gasteiger partial charge in [-0.2, -0.15) is 0 Å². The number of amides is 1. The zero-order chi connectivity index (χ0) is 15.1. The van der Waals surface area contributed by atoms with Crippen LogP contribution >= 0.6 is 11.6 Å². The van der Waals surface area contributed by atoms with E-state index >= 15 is 0 Å². The molecule has 0 radical (unpaired) electrons. The number of anilines is 2. The number of benzene rings is 1. The molecule has 0 aliphatic carbocycles. The molecule has 0 bridgehead atoms. The summed E-state index contributed by atoms with van der Waals surface area (Å²) in [5, 5.41) is 6.75. The van der Waals surface area contributed by atoms with Crippen LogP contribution in [0.15, 0.2) is 42.6 Å². The van der Waals surface area contributed by atoms with Crippen molar-refractivity contribution in [1.82, 2.24) is 4.98 Å². The number of nitrogens with zero attached hydrogens (tertiary/aromatic N) is 1. The first-order chi connectivity index (χ1) is 10.2. The SMILES string of the molecule is CCCC(=O)Nc1ccc(NCc2ccc(Cl)cc2)cn1. The van der Waals surface area contributed by atoms with Crippen molar-refractivity contribution < 1.29 is 4.79 Å². The number of carbonyl (C=O) groups excluding carboxylic acids is 1. The summed E-state index contributed by atoms with van der Waals surface area (Å²) in [7, 11) is 0. The van der Waals surface area contributed by atoms with Crippen LogP contribution in [0.4, 0.5) is 11.5 Å². The highest BCUT2D eigenvalue weighted by atomic mass is 35.5. The van der Waals surface area contributed by atoms with Crippen molar-refractivity contribution in [3.8, 4) is 0 Å². The molecule has 1 aromatic heterocycles. The third-order valence-electron chi connectivity index (χ3n) is 2.92. The molecule has 2 aromatic rings. The molecule has 0 spiro atoms. The van der Waals surface area contributed by atoms with E-state index in [1.165, 1.54) is 0 Å². The largest absolute Gasteiger partial charge is 0.380 e. The Morgan fingerprint density at radius 2 is 1.95 bits per heavy atom. The van der Waals surface area contributed by atoms with Crippen molar-refractivity contribution in [2.45, 2.75) is 26.3 Å². The molecular weight excluding hydrogens is 286 g/mol. The van der Waals surface area contributed by atoms with E-state index in [4.69, 9.17) is 11.6 Å². The average molecular weight is 304 g/mol. The molecule has 5 heteroatoms. The van der Waals surface area contributed by atoms with Crippen LogP contribution in [-0.2, 0) is 11.3 Å². The summed E-state index contributed by atoms with van der Waals surface area (Å²) in [6.07, 6.45) is 3.04. The van der Waals surface area contributed by atoms with E-state index in [1.807, 2.05) is 37.3 Å². The molecule has 0 saturated carbocycles. The number of aromatic nitrogens is 1. The lowest BCUT2D eigenvalue weighted by Gasteiger charge is -2.08.